The van der Waals surface area contributed by atoms with Crippen LogP contribution in [0.3, 0.4) is 0 Å². The monoisotopic (exact) mass is 296 g/mol. The quantitative estimate of drug-likeness (QED) is 0.835. The highest BCUT2D eigenvalue weighted by atomic mass is 32.1. The summed E-state index contributed by atoms with van der Waals surface area (Å²) in [5.74, 6) is 0. The Balaban J connectivity index is 1.94. The maximum atomic E-state index is 5.08. The topological polar surface area (TPSA) is 34.1 Å². The SMILES string of the molecule is COCCNc1nc2c(s1)CCCCCCCCCC2. The molecule has 1 aromatic rings. The molecule has 20 heavy (non-hydrogen) atoms. The molecule has 0 aliphatic heterocycles. The van der Waals surface area contributed by atoms with Crippen molar-refractivity contribution in [2.45, 2.75) is 64.2 Å². The minimum atomic E-state index is 0.740. The largest absolute Gasteiger partial charge is 0.383 e. The summed E-state index contributed by atoms with van der Waals surface area (Å²) in [7, 11) is 1.74. The van der Waals surface area contributed by atoms with Crippen LogP contribution in [0.1, 0.15) is 61.9 Å². The number of fused-ring (bicyclic) bond motifs is 1. The number of hydrogen-bond acceptors (Lipinski definition) is 4. The van der Waals surface area contributed by atoms with E-state index in [1.807, 2.05) is 11.3 Å². The molecule has 0 unspecified atom stereocenters. The van der Waals surface area contributed by atoms with Crippen molar-refractivity contribution in [2.75, 3.05) is 25.6 Å². The van der Waals surface area contributed by atoms with E-state index >= 15 is 0 Å². The zero-order valence-corrected chi connectivity index (χ0v) is 13.6. The minimum Gasteiger partial charge on any atom is -0.383 e. The second kappa shape index (κ2) is 9.35. The summed E-state index contributed by atoms with van der Waals surface area (Å²) in [5.41, 5.74) is 1.36. The Hall–Kier alpha value is -0.610. The fourth-order valence-electron chi connectivity index (χ4n) is 2.75. The molecule has 4 heteroatoms. The van der Waals surface area contributed by atoms with Crippen molar-refractivity contribution in [3.05, 3.63) is 10.6 Å². The molecule has 1 aromatic heterocycles. The number of aromatic nitrogens is 1. The zero-order chi connectivity index (χ0) is 14.0. The number of rotatable bonds is 4. The van der Waals surface area contributed by atoms with Gasteiger partial charge < -0.3 is 10.1 Å². The van der Waals surface area contributed by atoms with Crippen molar-refractivity contribution in [3.63, 3.8) is 0 Å². The predicted molar refractivity (Wildman–Crippen MR) is 86.8 cm³/mol. The molecule has 0 spiro atoms. The fourth-order valence-corrected chi connectivity index (χ4v) is 3.82. The van der Waals surface area contributed by atoms with Gasteiger partial charge in [0.2, 0.25) is 0 Å². The number of thiazole rings is 1. The van der Waals surface area contributed by atoms with Gasteiger partial charge in [0.1, 0.15) is 0 Å². The summed E-state index contributed by atoms with van der Waals surface area (Å²) in [6.07, 6.45) is 13.4. The van der Waals surface area contributed by atoms with E-state index in [-0.39, 0.29) is 0 Å². The van der Waals surface area contributed by atoms with Gasteiger partial charge in [0.15, 0.2) is 5.13 Å². The smallest absolute Gasteiger partial charge is 0.183 e. The van der Waals surface area contributed by atoms with Crippen molar-refractivity contribution < 1.29 is 4.74 Å². The third-order valence-corrected chi connectivity index (χ3v) is 5.04. The number of anilines is 1. The van der Waals surface area contributed by atoms with Crippen LogP contribution in [0.25, 0.3) is 0 Å². The first-order valence-corrected chi connectivity index (χ1v) is 8.93. The number of aryl methyl sites for hydroxylation is 2. The van der Waals surface area contributed by atoms with Crippen LogP contribution >= 0.6 is 11.3 Å². The standard InChI is InChI=1S/C16H28N2OS/c1-19-13-12-17-16-18-14-10-8-6-4-2-3-5-7-9-11-15(14)20-16/h2-13H2,1H3,(H,17,18). The Morgan fingerprint density at radius 1 is 1.00 bits per heavy atom. The van der Waals surface area contributed by atoms with Crippen LogP contribution in [0.2, 0.25) is 0 Å². The first-order valence-electron chi connectivity index (χ1n) is 8.11. The molecule has 1 N–H and O–H groups in total. The van der Waals surface area contributed by atoms with E-state index in [9.17, 15) is 0 Å². The Labute approximate surface area is 127 Å². The lowest BCUT2D eigenvalue weighted by molar-refractivity contribution is 0.211. The van der Waals surface area contributed by atoms with Crippen LogP contribution in [-0.4, -0.2) is 25.2 Å². The molecule has 0 atom stereocenters. The third-order valence-electron chi connectivity index (χ3n) is 3.93. The van der Waals surface area contributed by atoms with Gasteiger partial charge >= 0.3 is 0 Å². The molecule has 3 nitrogen and oxygen atoms in total. The average molecular weight is 296 g/mol. The summed E-state index contributed by atoms with van der Waals surface area (Å²) in [5, 5.41) is 4.47. The summed E-state index contributed by atoms with van der Waals surface area (Å²) < 4.78 is 5.08. The van der Waals surface area contributed by atoms with E-state index in [0.29, 0.717) is 0 Å². The molecular weight excluding hydrogens is 268 g/mol. The molecule has 0 amide bonds. The highest BCUT2D eigenvalue weighted by Gasteiger charge is 2.11. The van der Waals surface area contributed by atoms with E-state index < -0.39 is 0 Å². The molecule has 1 heterocycles. The van der Waals surface area contributed by atoms with Crippen molar-refractivity contribution >= 4 is 16.5 Å². The van der Waals surface area contributed by atoms with E-state index in [2.05, 4.69) is 5.32 Å². The Morgan fingerprint density at radius 2 is 1.65 bits per heavy atom. The maximum absolute atomic E-state index is 5.08. The van der Waals surface area contributed by atoms with Crippen LogP contribution in [0.4, 0.5) is 5.13 Å². The summed E-state index contributed by atoms with van der Waals surface area (Å²) in [4.78, 5) is 6.32. The fraction of sp³-hybridized carbons (Fsp3) is 0.812. The van der Waals surface area contributed by atoms with Gasteiger partial charge in [0, 0.05) is 18.5 Å². The van der Waals surface area contributed by atoms with Crippen LogP contribution in [0.15, 0.2) is 0 Å². The highest BCUT2D eigenvalue weighted by Crippen LogP contribution is 2.27. The lowest BCUT2D eigenvalue weighted by Gasteiger charge is -2.06. The third kappa shape index (κ3) is 5.41. The summed E-state index contributed by atoms with van der Waals surface area (Å²) >= 11 is 1.86. The molecule has 0 saturated carbocycles. The van der Waals surface area contributed by atoms with Crippen LogP contribution in [-0.2, 0) is 17.6 Å². The molecule has 0 bridgehead atoms. The van der Waals surface area contributed by atoms with Crippen molar-refractivity contribution in [1.82, 2.24) is 4.98 Å². The van der Waals surface area contributed by atoms with Gasteiger partial charge in [0.05, 0.1) is 12.3 Å². The Kier molecular flexibility index (Phi) is 7.37. The van der Waals surface area contributed by atoms with Gasteiger partial charge in [-0.1, -0.05) is 38.5 Å². The average Bonchev–Trinajstić information content (AvgIpc) is 2.81. The molecule has 0 aromatic carbocycles. The van der Waals surface area contributed by atoms with Gasteiger partial charge in [-0.05, 0) is 25.7 Å². The van der Waals surface area contributed by atoms with E-state index in [4.69, 9.17) is 9.72 Å². The van der Waals surface area contributed by atoms with E-state index in [1.165, 1.54) is 68.4 Å². The van der Waals surface area contributed by atoms with Gasteiger partial charge in [-0.25, -0.2) is 4.98 Å². The van der Waals surface area contributed by atoms with Gasteiger partial charge in [0.25, 0.3) is 0 Å². The molecule has 114 valence electrons. The molecule has 1 aliphatic carbocycles. The summed E-state index contributed by atoms with van der Waals surface area (Å²) in [6, 6.07) is 0. The van der Waals surface area contributed by atoms with Gasteiger partial charge in [-0.2, -0.15) is 0 Å². The van der Waals surface area contributed by atoms with Crippen molar-refractivity contribution in [1.29, 1.82) is 0 Å². The normalized spacial score (nSPS) is 17.9. The van der Waals surface area contributed by atoms with Crippen LogP contribution in [0.5, 0.6) is 0 Å². The first-order chi connectivity index (χ1) is 9.90. The highest BCUT2D eigenvalue weighted by molar-refractivity contribution is 7.15. The van der Waals surface area contributed by atoms with E-state index in [1.54, 1.807) is 7.11 Å². The van der Waals surface area contributed by atoms with Crippen LogP contribution in [0, 0.1) is 0 Å². The van der Waals surface area contributed by atoms with E-state index in [0.717, 1.165) is 24.7 Å². The predicted octanol–water partition coefficient (Wildman–Crippen LogP) is 4.42. The second-order valence-corrected chi connectivity index (χ2v) is 6.72. The molecule has 0 fully saturated rings. The molecule has 1 aliphatic rings. The molecular formula is C16H28N2OS. The zero-order valence-electron chi connectivity index (χ0n) is 12.7. The number of hydrogen-bond donors (Lipinski definition) is 1. The second-order valence-electron chi connectivity index (χ2n) is 5.64. The molecule has 0 radical (unpaired) electrons. The molecule has 2 rings (SSSR count). The number of nitrogens with zero attached hydrogens (tertiary/aromatic N) is 1. The lowest BCUT2D eigenvalue weighted by Crippen LogP contribution is -2.07. The summed E-state index contributed by atoms with van der Waals surface area (Å²) in [6.45, 7) is 1.59. The lowest BCUT2D eigenvalue weighted by atomic mass is 10.0. The maximum Gasteiger partial charge on any atom is 0.183 e. The van der Waals surface area contributed by atoms with Crippen molar-refractivity contribution in [2.24, 2.45) is 0 Å². The number of methoxy groups -OCH3 is 1. The molecule has 0 saturated heterocycles. The van der Waals surface area contributed by atoms with Crippen molar-refractivity contribution in [3.8, 4) is 0 Å². The number of ether oxygens (including phenoxy) is 1. The minimum absolute atomic E-state index is 0.740. The first kappa shape index (κ1) is 15.8. The van der Waals surface area contributed by atoms with Crippen LogP contribution < -0.4 is 5.32 Å². The Bertz CT molecular complexity index is 349. The Morgan fingerprint density at radius 3 is 2.35 bits per heavy atom. The van der Waals surface area contributed by atoms with Gasteiger partial charge in [-0.3, -0.25) is 0 Å². The number of nitrogens with one attached hydrogen (secondary N) is 1. The van der Waals surface area contributed by atoms with Gasteiger partial charge in [-0.15, -0.1) is 11.3 Å².